The lowest BCUT2D eigenvalue weighted by Gasteiger charge is -2.17. The molecule has 1 unspecified atom stereocenters. The second kappa shape index (κ2) is 5.97. The number of likely N-dealkylation sites (tertiary alicyclic amines) is 1. The average molecular weight is 371 g/mol. The topological polar surface area (TPSA) is 38.1 Å². The van der Waals surface area contributed by atoms with E-state index in [1.807, 2.05) is 34.6 Å². The normalized spacial score (nSPS) is 16.6. The Balaban J connectivity index is 2.00. The van der Waals surface area contributed by atoms with Gasteiger partial charge < -0.3 is 9.47 Å². The zero-order valence-electron chi connectivity index (χ0n) is 11.9. The summed E-state index contributed by atoms with van der Waals surface area (Å²) in [6.07, 6.45) is 2.20. The third-order valence-corrected chi connectivity index (χ3v) is 4.54. The number of benzene rings is 1. The van der Waals surface area contributed by atoms with E-state index in [0.29, 0.717) is 6.54 Å². The Morgan fingerprint density at radius 2 is 2.14 bits per heavy atom. The Morgan fingerprint density at radius 3 is 2.81 bits per heavy atom. The van der Waals surface area contributed by atoms with Crippen molar-refractivity contribution in [2.45, 2.75) is 31.7 Å². The van der Waals surface area contributed by atoms with Gasteiger partial charge in [0.1, 0.15) is 12.4 Å². The lowest BCUT2D eigenvalue weighted by atomic mass is 10.3. The maximum Gasteiger partial charge on any atom is 0.242 e. The van der Waals surface area contributed by atoms with Crippen molar-refractivity contribution in [3.05, 3.63) is 28.5 Å². The molecule has 2 aromatic rings. The zero-order chi connectivity index (χ0) is 15.0. The van der Waals surface area contributed by atoms with Gasteiger partial charge in [-0.15, -0.1) is 11.6 Å². The van der Waals surface area contributed by atoms with E-state index in [1.54, 1.807) is 0 Å². The van der Waals surface area contributed by atoms with Crippen LogP contribution in [0.4, 0.5) is 0 Å². The summed E-state index contributed by atoms with van der Waals surface area (Å²) < 4.78 is 2.91. The molecule has 112 valence electrons. The van der Waals surface area contributed by atoms with E-state index in [1.165, 1.54) is 0 Å². The molecule has 1 aromatic heterocycles. The molecule has 1 aromatic carbocycles. The summed E-state index contributed by atoms with van der Waals surface area (Å²) in [5, 5.41) is -0.234. The van der Waals surface area contributed by atoms with Crippen LogP contribution in [0.1, 0.15) is 31.0 Å². The van der Waals surface area contributed by atoms with E-state index in [9.17, 15) is 4.79 Å². The minimum Gasteiger partial charge on any atom is -0.341 e. The summed E-state index contributed by atoms with van der Waals surface area (Å²) in [4.78, 5) is 18.9. The summed E-state index contributed by atoms with van der Waals surface area (Å²) in [6, 6.07) is 5.88. The van der Waals surface area contributed by atoms with Gasteiger partial charge in [-0.1, -0.05) is 15.9 Å². The molecule has 0 radical (unpaired) electrons. The van der Waals surface area contributed by atoms with Crippen LogP contribution in [0.15, 0.2) is 22.7 Å². The van der Waals surface area contributed by atoms with Crippen molar-refractivity contribution in [2.24, 2.45) is 0 Å². The zero-order valence-corrected chi connectivity index (χ0v) is 14.2. The van der Waals surface area contributed by atoms with E-state index < -0.39 is 0 Å². The number of nitrogens with zero attached hydrogens (tertiary/aromatic N) is 3. The van der Waals surface area contributed by atoms with Gasteiger partial charge >= 0.3 is 0 Å². The van der Waals surface area contributed by atoms with Gasteiger partial charge in [-0.3, -0.25) is 4.79 Å². The summed E-state index contributed by atoms with van der Waals surface area (Å²) in [7, 11) is 0. The summed E-state index contributed by atoms with van der Waals surface area (Å²) in [6.45, 7) is 3.91. The molecule has 1 atom stereocenters. The van der Waals surface area contributed by atoms with E-state index in [2.05, 4.69) is 20.9 Å². The molecule has 2 heterocycles. The first-order chi connectivity index (χ1) is 10.1. The van der Waals surface area contributed by atoms with Gasteiger partial charge in [-0.25, -0.2) is 4.98 Å². The van der Waals surface area contributed by atoms with Crippen molar-refractivity contribution in [1.82, 2.24) is 14.5 Å². The van der Waals surface area contributed by atoms with E-state index in [4.69, 9.17) is 11.6 Å². The molecule has 0 N–H and O–H groups in total. The summed E-state index contributed by atoms with van der Waals surface area (Å²) >= 11 is 9.72. The number of aromatic nitrogens is 2. The number of imidazole rings is 1. The molecule has 0 aliphatic carbocycles. The lowest BCUT2D eigenvalue weighted by molar-refractivity contribution is -0.130. The molecule has 0 bridgehead atoms. The Labute approximate surface area is 137 Å². The van der Waals surface area contributed by atoms with Crippen LogP contribution in [-0.4, -0.2) is 33.4 Å². The van der Waals surface area contributed by atoms with Gasteiger partial charge in [0.25, 0.3) is 0 Å². The highest BCUT2D eigenvalue weighted by atomic mass is 79.9. The SMILES string of the molecule is CC(Cl)c1nc2ccc(Br)cc2n1CC(=O)N1CCCC1. The number of rotatable bonds is 3. The van der Waals surface area contributed by atoms with Gasteiger partial charge in [-0.2, -0.15) is 0 Å². The number of carbonyl (C=O) groups is 1. The Morgan fingerprint density at radius 1 is 1.43 bits per heavy atom. The Hall–Kier alpha value is -1.07. The molecule has 1 aliphatic heterocycles. The van der Waals surface area contributed by atoms with Crippen molar-refractivity contribution < 1.29 is 4.79 Å². The molecule has 4 nitrogen and oxygen atoms in total. The predicted molar refractivity (Wildman–Crippen MR) is 87.5 cm³/mol. The van der Waals surface area contributed by atoms with Crippen LogP contribution in [0.25, 0.3) is 11.0 Å². The number of amides is 1. The number of carbonyl (C=O) groups excluding carboxylic acids is 1. The Kier molecular flexibility index (Phi) is 4.22. The molecule has 1 fully saturated rings. The predicted octanol–water partition coefficient (Wildman–Crippen LogP) is 3.72. The largest absolute Gasteiger partial charge is 0.341 e. The molecule has 1 aliphatic rings. The average Bonchev–Trinajstić information content (AvgIpc) is 3.07. The minimum absolute atomic E-state index is 0.144. The van der Waals surface area contributed by atoms with Crippen molar-refractivity contribution in [1.29, 1.82) is 0 Å². The number of hydrogen-bond acceptors (Lipinski definition) is 2. The molecular formula is C15H17BrClN3O. The molecule has 0 spiro atoms. The highest BCUT2D eigenvalue weighted by Gasteiger charge is 2.22. The third-order valence-electron chi connectivity index (χ3n) is 3.85. The van der Waals surface area contributed by atoms with Crippen LogP contribution < -0.4 is 0 Å². The van der Waals surface area contributed by atoms with Gasteiger partial charge in [0.2, 0.25) is 5.91 Å². The molecule has 1 saturated heterocycles. The van der Waals surface area contributed by atoms with Crippen LogP contribution in [-0.2, 0) is 11.3 Å². The molecular weight excluding hydrogens is 354 g/mol. The summed E-state index contributed by atoms with van der Waals surface area (Å²) in [5.41, 5.74) is 1.81. The first-order valence-electron chi connectivity index (χ1n) is 7.14. The van der Waals surface area contributed by atoms with Gasteiger partial charge in [0.05, 0.1) is 16.4 Å². The van der Waals surface area contributed by atoms with Crippen molar-refractivity contribution in [3.8, 4) is 0 Å². The van der Waals surface area contributed by atoms with E-state index in [-0.39, 0.29) is 11.3 Å². The molecule has 3 rings (SSSR count). The van der Waals surface area contributed by atoms with Crippen LogP contribution in [0.3, 0.4) is 0 Å². The van der Waals surface area contributed by atoms with Crippen molar-refractivity contribution in [3.63, 3.8) is 0 Å². The van der Waals surface area contributed by atoms with Crippen molar-refractivity contribution in [2.75, 3.05) is 13.1 Å². The monoisotopic (exact) mass is 369 g/mol. The number of hydrogen-bond donors (Lipinski definition) is 0. The first kappa shape index (κ1) is 14.9. The van der Waals surface area contributed by atoms with Gasteiger partial charge in [-0.05, 0) is 38.0 Å². The lowest BCUT2D eigenvalue weighted by Crippen LogP contribution is -2.31. The molecule has 21 heavy (non-hydrogen) atoms. The van der Waals surface area contributed by atoms with Crippen LogP contribution >= 0.6 is 27.5 Å². The number of halogens is 2. The molecule has 6 heteroatoms. The quantitative estimate of drug-likeness (QED) is 0.772. The van der Waals surface area contributed by atoms with Crippen molar-refractivity contribution >= 4 is 44.5 Å². The van der Waals surface area contributed by atoms with Crippen LogP contribution in [0, 0.1) is 0 Å². The molecule has 0 saturated carbocycles. The number of alkyl halides is 1. The second-order valence-electron chi connectivity index (χ2n) is 5.39. The highest BCUT2D eigenvalue weighted by Crippen LogP contribution is 2.27. The smallest absolute Gasteiger partial charge is 0.242 e. The Bertz CT molecular complexity index is 677. The standard InChI is InChI=1S/C15H17BrClN3O/c1-10(17)15-18-12-5-4-11(16)8-13(12)20(15)9-14(21)19-6-2-3-7-19/h4-5,8,10H,2-3,6-7,9H2,1H3. The fourth-order valence-corrected chi connectivity index (χ4v) is 3.30. The fourth-order valence-electron chi connectivity index (χ4n) is 2.79. The maximum atomic E-state index is 12.4. The first-order valence-corrected chi connectivity index (χ1v) is 8.37. The van der Waals surface area contributed by atoms with E-state index >= 15 is 0 Å². The maximum absolute atomic E-state index is 12.4. The third kappa shape index (κ3) is 2.94. The number of fused-ring (bicyclic) bond motifs is 1. The van der Waals surface area contributed by atoms with Crippen LogP contribution in [0.5, 0.6) is 0 Å². The highest BCUT2D eigenvalue weighted by molar-refractivity contribution is 9.10. The molecule has 1 amide bonds. The fraction of sp³-hybridized carbons (Fsp3) is 0.467. The van der Waals surface area contributed by atoms with E-state index in [0.717, 1.165) is 47.3 Å². The second-order valence-corrected chi connectivity index (χ2v) is 6.96. The summed E-state index contributed by atoms with van der Waals surface area (Å²) in [5.74, 6) is 0.891. The minimum atomic E-state index is -0.234. The van der Waals surface area contributed by atoms with Crippen LogP contribution in [0.2, 0.25) is 0 Å². The van der Waals surface area contributed by atoms with Gasteiger partial charge in [0, 0.05) is 17.6 Å². The van der Waals surface area contributed by atoms with Gasteiger partial charge in [0.15, 0.2) is 0 Å².